The van der Waals surface area contributed by atoms with Gasteiger partial charge < -0.3 is 69.9 Å². The quantitative estimate of drug-likeness (QED) is 0.0197. The van der Waals surface area contributed by atoms with Crippen molar-refractivity contribution >= 4 is 135 Å². The summed E-state index contributed by atoms with van der Waals surface area (Å²) in [6, 6.07) is 33.2. The van der Waals surface area contributed by atoms with Crippen LogP contribution in [-0.4, -0.2) is 160 Å². The largest absolute Gasteiger partial charge is 1.00 e. The van der Waals surface area contributed by atoms with Gasteiger partial charge in [-0.3, -0.25) is 0 Å². The van der Waals surface area contributed by atoms with E-state index in [1.54, 1.807) is 70.7 Å². The summed E-state index contributed by atoms with van der Waals surface area (Å²) >= 11 is 24.8. The van der Waals surface area contributed by atoms with E-state index in [1.807, 2.05) is 18.2 Å². The van der Waals surface area contributed by atoms with Crippen molar-refractivity contribution in [3.63, 3.8) is 0 Å². The molecule has 0 saturated carbocycles. The van der Waals surface area contributed by atoms with Gasteiger partial charge in [0.05, 0.1) is 102 Å². The van der Waals surface area contributed by atoms with Crippen molar-refractivity contribution in [2.75, 3.05) is 99.1 Å². The van der Waals surface area contributed by atoms with E-state index in [-0.39, 0.29) is 74.7 Å². The molecule has 6 aromatic carbocycles. The summed E-state index contributed by atoms with van der Waals surface area (Å²) < 4.78 is 120. The number of rotatable bonds is 17. The second kappa shape index (κ2) is 40.4. The Bertz CT molecular complexity index is 4390. The van der Waals surface area contributed by atoms with E-state index in [9.17, 15) is 64.1 Å². The van der Waals surface area contributed by atoms with Crippen molar-refractivity contribution in [1.82, 2.24) is 41.1 Å². The lowest BCUT2D eigenvalue weighted by atomic mass is 10.1. The van der Waals surface area contributed by atoms with Gasteiger partial charge in [-0.05, 0) is 130 Å². The Morgan fingerprint density at radius 1 is 0.509 bits per heavy atom. The number of halogens is 14. The molecular weight excluding hydrogens is 1720 g/mol. The number of likely N-dealkylation sites (N-methyl/N-ethyl adjacent to an activating group) is 1. The number of piperidine rings is 3. The first-order valence-corrected chi connectivity index (χ1v) is 38.6. The van der Waals surface area contributed by atoms with Crippen LogP contribution in [0.25, 0.3) is 33.8 Å². The number of carbonyl (C=O) groups excluding carboxylic acids is 3. The second-order valence-corrected chi connectivity index (χ2v) is 29.8. The molecule has 580 valence electrons. The maximum atomic E-state index is 13.4. The number of aromatic nitrogens is 3. The van der Waals surface area contributed by atoms with Crippen molar-refractivity contribution in [1.29, 1.82) is 0 Å². The fourth-order valence-electron chi connectivity index (χ4n) is 11.3. The van der Waals surface area contributed by atoms with Gasteiger partial charge in [-0.15, -0.1) is 34.0 Å². The number of quaternary nitrogens is 1. The van der Waals surface area contributed by atoms with Crippen LogP contribution in [0, 0.1) is 0 Å². The molecule has 9 aromatic rings. The second-order valence-electron chi connectivity index (χ2n) is 25.2. The highest BCUT2D eigenvalue weighted by Gasteiger charge is 2.36. The molecular formula is C73H76BrCl3F9IN12O6S3. The van der Waals surface area contributed by atoms with Crippen LogP contribution in [0.2, 0.25) is 15.1 Å². The molecule has 35 heteroatoms. The molecule has 12 rings (SSSR count). The fourth-order valence-corrected chi connectivity index (χ4v) is 14.7. The molecule has 0 aliphatic carbocycles. The minimum Gasteiger partial charge on any atom is -1.00 e. The van der Waals surface area contributed by atoms with Crippen LogP contribution in [0.4, 0.5) is 86.4 Å². The third kappa shape index (κ3) is 25.6. The Balaban J connectivity index is 0.000000195. The normalized spacial score (nSPS) is 16.4. The van der Waals surface area contributed by atoms with Crippen LogP contribution in [0.3, 0.4) is 0 Å². The zero-order valence-electron chi connectivity index (χ0n) is 57.7. The SMILES string of the molecule is C[N+]1(CCNC(=O)N(c2cccc(C(F)(F)F)c2)c2nc(-c3cccc(Cl)c3)cs2)CCC(O)CC1.O=C(NCCBr)N(c1cccc(C(F)(F)F)c1)c1nc(-c2cccc(Cl)c2)cs1.O=C(NCCN1CCC(O)CC1)N(c1cccc(C(F)(F)F)c1)c1nc(-c2cccc(Cl)c2)cs1.OC1CCNCC1.[I-]. The van der Waals surface area contributed by atoms with Gasteiger partial charge in [0.2, 0.25) is 0 Å². The molecule has 0 atom stereocenters. The molecule has 6 amide bonds. The lowest BCUT2D eigenvalue weighted by Crippen LogP contribution is -3.00. The number of hydrogen-bond acceptors (Lipinski definition) is 14. The number of aliphatic hydroxyl groups excluding tert-OH is 3. The molecule has 3 fully saturated rings. The van der Waals surface area contributed by atoms with E-state index in [1.165, 1.54) is 41.3 Å². The zero-order valence-corrected chi connectivity index (χ0v) is 66.2. The minimum absolute atomic E-state index is 0. The monoisotopic (exact) mass is 1790 g/mol. The van der Waals surface area contributed by atoms with Crippen molar-refractivity contribution in [3.05, 3.63) is 193 Å². The Hall–Kier alpha value is -6.77. The van der Waals surface area contributed by atoms with Gasteiger partial charge >= 0.3 is 36.6 Å². The number of hydrogen-bond donors (Lipinski definition) is 7. The number of nitrogens with one attached hydrogen (secondary N) is 4. The van der Waals surface area contributed by atoms with Crippen molar-refractivity contribution in [2.45, 2.75) is 75.4 Å². The summed E-state index contributed by atoms with van der Waals surface area (Å²) in [5.74, 6) is 0. The van der Waals surface area contributed by atoms with Crippen LogP contribution in [0.1, 0.15) is 55.2 Å². The number of carbonyl (C=O) groups is 3. The predicted octanol–water partition coefficient (Wildman–Crippen LogP) is 15.2. The molecule has 3 aliphatic rings. The number of amides is 6. The molecule has 0 radical (unpaired) electrons. The van der Waals surface area contributed by atoms with Crippen LogP contribution in [0.5, 0.6) is 0 Å². The number of likely N-dealkylation sites (tertiary alicyclic amines) is 2. The summed E-state index contributed by atoms with van der Waals surface area (Å²) in [6.07, 6.45) is -9.62. The summed E-state index contributed by atoms with van der Waals surface area (Å²) in [5.41, 5.74) is 1.54. The third-order valence-corrected chi connectivity index (χ3v) is 20.8. The fraction of sp³-hybridized carbons (Fsp3) is 0.342. The molecule has 7 N–H and O–H groups in total. The first-order valence-electron chi connectivity index (χ1n) is 33.7. The Morgan fingerprint density at radius 3 is 1.18 bits per heavy atom. The van der Waals surface area contributed by atoms with E-state index in [2.05, 4.69) is 64.1 Å². The molecule has 0 bridgehead atoms. The molecule has 0 spiro atoms. The van der Waals surface area contributed by atoms with E-state index in [0.29, 0.717) is 100 Å². The molecule has 18 nitrogen and oxygen atoms in total. The van der Waals surface area contributed by atoms with E-state index < -0.39 is 53.3 Å². The van der Waals surface area contributed by atoms with Gasteiger partial charge in [-0.2, -0.15) is 39.5 Å². The lowest BCUT2D eigenvalue weighted by Gasteiger charge is -2.39. The first kappa shape index (κ1) is 86.8. The molecule has 3 saturated heterocycles. The number of nitrogens with zero attached hydrogens (tertiary/aromatic N) is 8. The van der Waals surface area contributed by atoms with E-state index in [4.69, 9.17) is 39.9 Å². The standard InChI is InChI=1S/C25H26ClF3N4O2S.C24H24ClF3N4O2S.C19H14BrClF3N3OS.C5H11NO.HI/c1-33(11-8-21(34)9-12-33)13-10-30-23(35)32(20-7-3-5-18(15-20)25(27,28)29)24-31-22(16-36-24)17-4-2-6-19(26)14-17;25-18-5-1-3-16(13-18)21-15-35-23(30-21)32(19-6-2-4-17(14-19)24(26,27)28)22(34)29-9-12-31-10-7-20(33)8-11-31;20-7-8-25-17(28)27(15-6-2-4-13(10-15)19(22,23)24)18-26-16(11-29-18)12-3-1-5-14(21)9-12;7-5-1-3-6-4-2-5;/h2-7,14-16,21,34H,8-13H2,1H3;1-6,13-15,20,33H,7-12H2,(H,29,34);1-6,9-11H,7-8H2,(H,25,28);5-7H,1-4H2;1H. The number of alkyl halides is 10. The maximum absolute atomic E-state index is 13.4. The van der Waals surface area contributed by atoms with Crippen LogP contribution in [-0.2, 0) is 18.5 Å². The predicted molar refractivity (Wildman–Crippen MR) is 408 cm³/mol. The lowest BCUT2D eigenvalue weighted by molar-refractivity contribution is -0.913. The topological polar surface area (TPSA) is 212 Å². The van der Waals surface area contributed by atoms with Crippen molar-refractivity contribution < 1.29 is 97.7 Å². The van der Waals surface area contributed by atoms with Gasteiger partial charge in [0.15, 0.2) is 15.4 Å². The first-order chi connectivity index (χ1) is 50.9. The highest BCUT2D eigenvalue weighted by atomic mass is 127. The Kier molecular flexibility index (Phi) is 32.5. The highest BCUT2D eigenvalue weighted by molar-refractivity contribution is 9.09. The Labute approximate surface area is 670 Å². The number of urea groups is 3. The van der Waals surface area contributed by atoms with Crippen LogP contribution in [0.15, 0.2) is 162 Å². The maximum Gasteiger partial charge on any atom is 0.416 e. The molecule has 3 aliphatic heterocycles. The summed E-state index contributed by atoms with van der Waals surface area (Å²) in [6.45, 7) is 7.16. The minimum atomic E-state index is -4.55. The van der Waals surface area contributed by atoms with Crippen molar-refractivity contribution in [2.24, 2.45) is 0 Å². The van der Waals surface area contributed by atoms with Gasteiger partial charge in [0.1, 0.15) is 0 Å². The Morgan fingerprint density at radius 2 is 0.843 bits per heavy atom. The smallest absolute Gasteiger partial charge is 0.416 e. The number of benzene rings is 6. The van der Waals surface area contributed by atoms with Gasteiger partial charge in [-0.1, -0.05) is 105 Å². The van der Waals surface area contributed by atoms with E-state index >= 15 is 0 Å². The summed E-state index contributed by atoms with van der Waals surface area (Å²) in [4.78, 5) is 58.4. The van der Waals surface area contributed by atoms with Crippen LogP contribution >= 0.6 is 84.7 Å². The van der Waals surface area contributed by atoms with Gasteiger partial charge in [0, 0.05) is 98.8 Å². The molecule has 108 heavy (non-hydrogen) atoms. The van der Waals surface area contributed by atoms with E-state index in [0.717, 1.165) is 149 Å². The van der Waals surface area contributed by atoms with Crippen LogP contribution < -0.4 is 59.9 Å². The van der Waals surface area contributed by atoms with Crippen molar-refractivity contribution in [3.8, 4) is 33.8 Å². The average Bonchev–Trinajstić information content (AvgIpc) is 1.51. The molecule has 3 aromatic heterocycles. The third-order valence-electron chi connectivity index (χ3n) is 17.2. The highest BCUT2D eigenvalue weighted by Crippen LogP contribution is 2.41. The van der Waals surface area contributed by atoms with Gasteiger partial charge in [-0.25, -0.2) is 44.0 Å². The molecule has 6 heterocycles. The average molecular weight is 1800 g/mol. The summed E-state index contributed by atoms with van der Waals surface area (Å²) in [5, 5.41) is 47.7. The summed E-state index contributed by atoms with van der Waals surface area (Å²) in [7, 11) is 2.07. The number of anilines is 6. The van der Waals surface area contributed by atoms with Gasteiger partial charge in [0.25, 0.3) is 0 Å². The number of aliphatic hydroxyl groups is 3. The zero-order chi connectivity index (χ0) is 77.1. The number of thiazole rings is 3. The molecule has 0 unspecified atom stereocenters.